The predicted molar refractivity (Wildman–Crippen MR) is 54.3 cm³/mol. The smallest absolute Gasteiger partial charge is 0.139 e. The van der Waals surface area contributed by atoms with E-state index in [9.17, 15) is 0 Å². The number of aliphatic hydroxyl groups excluding tert-OH is 1. The minimum absolute atomic E-state index is 0.0244. The van der Waals surface area contributed by atoms with Gasteiger partial charge >= 0.3 is 0 Å². The van der Waals surface area contributed by atoms with Crippen molar-refractivity contribution in [3.63, 3.8) is 0 Å². The Morgan fingerprint density at radius 1 is 1.43 bits per heavy atom. The molecule has 0 saturated heterocycles. The number of nitrogens with zero attached hydrogens (tertiary/aromatic N) is 1. The van der Waals surface area contributed by atoms with E-state index in [1.54, 1.807) is 0 Å². The topological polar surface area (TPSA) is 90.9 Å². The Bertz CT molecular complexity index is 202. The van der Waals surface area contributed by atoms with E-state index in [1.165, 1.54) is 0 Å². The Hall–Kier alpha value is -0.810. The predicted octanol–water partition coefficient (Wildman–Crippen LogP) is 0.0176. The van der Waals surface area contributed by atoms with Crippen LogP contribution in [0.1, 0.15) is 32.1 Å². The van der Waals surface area contributed by atoms with Gasteiger partial charge in [0.25, 0.3) is 0 Å². The molecule has 0 atom stereocenters. The molecule has 0 aromatic rings. The first-order valence-electron chi connectivity index (χ1n) is 5.05. The van der Waals surface area contributed by atoms with Gasteiger partial charge in [0.15, 0.2) is 0 Å². The van der Waals surface area contributed by atoms with Crippen LogP contribution in [0.15, 0.2) is 5.16 Å². The monoisotopic (exact) mass is 201 g/mol. The summed E-state index contributed by atoms with van der Waals surface area (Å²) in [7, 11) is 0. The fourth-order valence-electron chi connectivity index (χ4n) is 1.38. The molecule has 0 bridgehead atoms. The largest absolute Gasteiger partial charge is 0.409 e. The summed E-state index contributed by atoms with van der Waals surface area (Å²) < 4.78 is 0. The maximum Gasteiger partial charge on any atom is 0.139 e. The quantitative estimate of drug-likeness (QED) is 0.154. The first kappa shape index (κ1) is 11.3. The summed E-state index contributed by atoms with van der Waals surface area (Å²) in [6, 6.07) is 0. The van der Waals surface area contributed by atoms with E-state index in [1.807, 2.05) is 0 Å². The lowest BCUT2D eigenvalue weighted by atomic mass is 10.2. The summed E-state index contributed by atoms with van der Waals surface area (Å²) in [4.78, 5) is 0. The second-order valence-corrected chi connectivity index (χ2v) is 3.91. The number of nitrogens with one attached hydrogen (secondary N) is 1. The summed E-state index contributed by atoms with van der Waals surface area (Å²) in [5.41, 5.74) is 5.34. The molecule has 1 fully saturated rings. The molecule has 0 aliphatic heterocycles. The maximum atomic E-state index is 9.00. The van der Waals surface area contributed by atoms with Crippen LogP contribution in [-0.4, -0.2) is 34.8 Å². The highest BCUT2D eigenvalue weighted by Gasteiger charge is 2.40. The van der Waals surface area contributed by atoms with Gasteiger partial charge in [0.2, 0.25) is 0 Å². The third-order valence-electron chi connectivity index (χ3n) is 2.64. The molecule has 0 spiro atoms. The van der Waals surface area contributed by atoms with E-state index in [4.69, 9.17) is 16.0 Å². The van der Waals surface area contributed by atoms with Gasteiger partial charge in [0.05, 0.1) is 6.61 Å². The van der Waals surface area contributed by atoms with Crippen molar-refractivity contribution in [2.75, 3.05) is 13.2 Å². The van der Waals surface area contributed by atoms with Crippen molar-refractivity contribution in [2.45, 2.75) is 37.6 Å². The molecule has 5 nitrogen and oxygen atoms in total. The molecule has 5 heteroatoms. The van der Waals surface area contributed by atoms with E-state index in [2.05, 4.69) is 10.5 Å². The van der Waals surface area contributed by atoms with Crippen molar-refractivity contribution in [1.82, 2.24) is 5.32 Å². The van der Waals surface area contributed by atoms with Crippen LogP contribution in [0.2, 0.25) is 0 Å². The zero-order valence-corrected chi connectivity index (χ0v) is 8.37. The van der Waals surface area contributed by atoms with Crippen molar-refractivity contribution in [1.29, 1.82) is 0 Å². The van der Waals surface area contributed by atoms with E-state index in [0.29, 0.717) is 6.42 Å². The number of hydrogen-bond acceptors (Lipinski definition) is 4. The highest BCUT2D eigenvalue weighted by Crippen LogP contribution is 2.34. The molecule has 1 rings (SSSR count). The molecule has 1 aliphatic rings. The van der Waals surface area contributed by atoms with Gasteiger partial charge in [-0.2, -0.15) is 0 Å². The van der Waals surface area contributed by atoms with Crippen LogP contribution < -0.4 is 11.1 Å². The van der Waals surface area contributed by atoms with Gasteiger partial charge in [-0.05, 0) is 32.2 Å². The molecule has 0 heterocycles. The molecule has 14 heavy (non-hydrogen) atoms. The summed E-state index contributed by atoms with van der Waals surface area (Å²) in [6.45, 7) is 1.12. The molecule has 1 aliphatic carbocycles. The van der Waals surface area contributed by atoms with Crippen LogP contribution in [0.25, 0.3) is 0 Å². The van der Waals surface area contributed by atoms with Gasteiger partial charge in [-0.25, -0.2) is 0 Å². The average Bonchev–Trinajstić information content (AvgIpc) is 2.98. The zero-order chi connectivity index (χ0) is 10.4. The minimum Gasteiger partial charge on any atom is -0.409 e. The van der Waals surface area contributed by atoms with E-state index in [0.717, 1.165) is 32.2 Å². The standard InChI is InChI=1S/C9H19N3O2/c10-8(12-14)3-1-2-6-11-9(7-13)4-5-9/h11,13-14H,1-7H2,(H2,10,12). The van der Waals surface area contributed by atoms with Crippen LogP contribution >= 0.6 is 0 Å². The van der Waals surface area contributed by atoms with Crippen molar-refractivity contribution in [3.05, 3.63) is 0 Å². The number of unbranched alkanes of at least 4 members (excludes halogenated alkanes) is 1. The fraction of sp³-hybridized carbons (Fsp3) is 0.889. The van der Waals surface area contributed by atoms with E-state index < -0.39 is 0 Å². The van der Waals surface area contributed by atoms with Gasteiger partial charge in [-0.15, -0.1) is 0 Å². The normalized spacial score (nSPS) is 19.6. The minimum atomic E-state index is 0.0244. The van der Waals surface area contributed by atoms with E-state index >= 15 is 0 Å². The van der Waals surface area contributed by atoms with Crippen LogP contribution in [0.3, 0.4) is 0 Å². The van der Waals surface area contributed by atoms with Gasteiger partial charge in [-0.3, -0.25) is 0 Å². The molecule has 0 unspecified atom stereocenters. The molecule has 0 radical (unpaired) electrons. The molecule has 5 N–H and O–H groups in total. The second kappa shape index (κ2) is 5.17. The molecule has 82 valence electrons. The first-order valence-corrected chi connectivity index (χ1v) is 5.05. The third kappa shape index (κ3) is 3.51. The fourth-order valence-corrected chi connectivity index (χ4v) is 1.38. The van der Waals surface area contributed by atoms with Crippen molar-refractivity contribution in [3.8, 4) is 0 Å². The highest BCUT2D eigenvalue weighted by atomic mass is 16.4. The Morgan fingerprint density at radius 2 is 2.14 bits per heavy atom. The van der Waals surface area contributed by atoms with Crippen molar-refractivity contribution < 1.29 is 10.3 Å². The molecule has 0 aromatic carbocycles. The molecular weight excluding hydrogens is 182 g/mol. The molecule has 0 aromatic heterocycles. The van der Waals surface area contributed by atoms with Crippen molar-refractivity contribution >= 4 is 5.84 Å². The molecule has 0 amide bonds. The highest BCUT2D eigenvalue weighted by molar-refractivity contribution is 5.79. The van der Waals surface area contributed by atoms with E-state index in [-0.39, 0.29) is 18.0 Å². The van der Waals surface area contributed by atoms with Crippen molar-refractivity contribution in [2.24, 2.45) is 10.9 Å². The summed E-state index contributed by atoms with van der Waals surface area (Å²) >= 11 is 0. The number of aliphatic hydroxyl groups is 1. The Morgan fingerprint density at radius 3 is 2.64 bits per heavy atom. The van der Waals surface area contributed by atoms with Crippen LogP contribution in [0.5, 0.6) is 0 Å². The number of oxime groups is 1. The van der Waals surface area contributed by atoms with Crippen LogP contribution in [-0.2, 0) is 0 Å². The number of rotatable bonds is 7. The third-order valence-corrected chi connectivity index (χ3v) is 2.64. The summed E-state index contributed by atoms with van der Waals surface area (Å²) in [6.07, 6.45) is 4.67. The van der Waals surface area contributed by atoms with Crippen LogP contribution in [0.4, 0.5) is 0 Å². The van der Waals surface area contributed by atoms with Gasteiger partial charge < -0.3 is 21.4 Å². The maximum absolute atomic E-state index is 9.00. The average molecular weight is 201 g/mol. The Labute approximate surface area is 84.0 Å². The Kier molecular flexibility index (Phi) is 4.16. The Balaban J connectivity index is 1.95. The van der Waals surface area contributed by atoms with Crippen LogP contribution in [0, 0.1) is 0 Å². The zero-order valence-electron chi connectivity index (χ0n) is 8.37. The van der Waals surface area contributed by atoms with Gasteiger partial charge in [0.1, 0.15) is 5.84 Å². The first-order chi connectivity index (χ1) is 6.72. The molecular formula is C9H19N3O2. The van der Waals surface area contributed by atoms with Gasteiger partial charge in [-0.1, -0.05) is 5.16 Å². The lowest BCUT2D eigenvalue weighted by Gasteiger charge is -2.13. The lowest BCUT2D eigenvalue weighted by molar-refractivity contribution is 0.230. The number of nitrogens with two attached hydrogens (primary N) is 1. The number of hydrogen-bond donors (Lipinski definition) is 4. The van der Waals surface area contributed by atoms with Gasteiger partial charge in [0, 0.05) is 12.0 Å². The lowest BCUT2D eigenvalue weighted by Crippen LogP contribution is -2.35. The summed E-state index contributed by atoms with van der Waals surface area (Å²) in [5.74, 6) is 0.285. The number of amidine groups is 1. The molecule has 1 saturated carbocycles. The SMILES string of the molecule is NC(CCCCNC1(CO)CC1)=NO. The summed E-state index contributed by atoms with van der Waals surface area (Å²) in [5, 5.41) is 23.5. The second-order valence-electron chi connectivity index (χ2n) is 3.91.